The van der Waals surface area contributed by atoms with Crippen molar-refractivity contribution in [3.63, 3.8) is 0 Å². The number of rotatable bonds is 3. The number of benzene rings is 2. The van der Waals surface area contributed by atoms with Gasteiger partial charge in [-0.25, -0.2) is 0 Å². The van der Waals surface area contributed by atoms with E-state index in [-0.39, 0.29) is 6.23 Å². The summed E-state index contributed by atoms with van der Waals surface area (Å²) in [4.78, 5) is 2.25. The highest BCUT2D eigenvalue weighted by molar-refractivity contribution is 6.30. The van der Waals surface area contributed by atoms with Crippen molar-refractivity contribution >= 4 is 11.6 Å². The smallest absolute Gasteiger partial charge is 0.179 e. The van der Waals surface area contributed by atoms with Crippen molar-refractivity contribution in [1.29, 1.82) is 0 Å². The molecule has 4 heteroatoms. The zero-order valence-electron chi connectivity index (χ0n) is 12.5. The molecule has 1 aliphatic heterocycles. The highest BCUT2D eigenvalue weighted by atomic mass is 35.5. The van der Waals surface area contributed by atoms with Crippen LogP contribution < -0.4 is 4.74 Å². The van der Waals surface area contributed by atoms with Crippen LogP contribution in [-0.4, -0.2) is 4.90 Å². The van der Waals surface area contributed by atoms with Gasteiger partial charge in [-0.05, 0) is 30.3 Å². The lowest BCUT2D eigenvalue weighted by Crippen LogP contribution is -2.35. The van der Waals surface area contributed by atoms with Crippen LogP contribution in [0.1, 0.15) is 23.1 Å². The van der Waals surface area contributed by atoms with Crippen molar-refractivity contribution in [3.05, 3.63) is 88.8 Å². The topological polar surface area (TPSA) is 25.6 Å². The van der Waals surface area contributed by atoms with Crippen molar-refractivity contribution in [1.82, 2.24) is 4.90 Å². The van der Waals surface area contributed by atoms with Crippen LogP contribution in [0.4, 0.5) is 0 Å². The third-order valence-corrected chi connectivity index (χ3v) is 4.26. The van der Waals surface area contributed by atoms with Crippen molar-refractivity contribution < 1.29 is 9.15 Å². The SMILES string of the molecule is Clc1ccc([C@@H]2Oc3ccccc3CN2Cc2ccco2)cc1. The summed E-state index contributed by atoms with van der Waals surface area (Å²) < 4.78 is 11.8. The van der Waals surface area contributed by atoms with Gasteiger partial charge in [-0.1, -0.05) is 41.9 Å². The molecule has 0 unspecified atom stereocenters. The van der Waals surface area contributed by atoms with Crippen LogP contribution in [0.5, 0.6) is 5.75 Å². The van der Waals surface area contributed by atoms with E-state index >= 15 is 0 Å². The predicted molar refractivity (Wildman–Crippen MR) is 89.2 cm³/mol. The van der Waals surface area contributed by atoms with Crippen LogP contribution in [0.3, 0.4) is 0 Å². The lowest BCUT2D eigenvalue weighted by atomic mass is 10.1. The molecule has 3 aromatic rings. The van der Waals surface area contributed by atoms with Crippen LogP contribution in [0.25, 0.3) is 0 Å². The average molecular weight is 326 g/mol. The van der Waals surface area contributed by atoms with E-state index in [0.29, 0.717) is 6.54 Å². The standard InChI is InChI=1S/C19H16ClNO2/c20-16-9-7-14(8-10-16)19-21(13-17-5-3-11-22-17)12-15-4-1-2-6-18(15)23-19/h1-11,19H,12-13H2/t19-/m0/s1. The van der Waals surface area contributed by atoms with E-state index in [9.17, 15) is 0 Å². The maximum Gasteiger partial charge on any atom is 0.179 e. The maximum atomic E-state index is 6.26. The molecule has 0 fully saturated rings. The fourth-order valence-corrected chi connectivity index (χ4v) is 3.02. The Labute approximate surface area is 140 Å². The number of fused-ring (bicyclic) bond motifs is 1. The minimum Gasteiger partial charge on any atom is -0.471 e. The molecular formula is C19H16ClNO2. The first kappa shape index (κ1) is 14.4. The number of furan rings is 1. The zero-order chi connectivity index (χ0) is 15.6. The Morgan fingerprint density at radius 1 is 1.00 bits per heavy atom. The third kappa shape index (κ3) is 2.98. The Kier molecular flexibility index (Phi) is 3.82. The number of hydrogen-bond acceptors (Lipinski definition) is 3. The minimum atomic E-state index is -0.160. The fraction of sp³-hybridized carbons (Fsp3) is 0.158. The van der Waals surface area contributed by atoms with Crippen molar-refractivity contribution in [3.8, 4) is 5.75 Å². The Bertz CT molecular complexity index is 783. The van der Waals surface area contributed by atoms with Gasteiger partial charge in [0.2, 0.25) is 0 Å². The minimum absolute atomic E-state index is 0.160. The number of halogens is 1. The molecule has 2 heterocycles. The molecule has 0 aliphatic carbocycles. The van der Waals surface area contributed by atoms with Crippen LogP contribution >= 0.6 is 11.6 Å². The summed E-state index contributed by atoms with van der Waals surface area (Å²) >= 11 is 6.01. The number of ether oxygens (including phenoxy) is 1. The van der Waals surface area contributed by atoms with Crippen LogP contribution in [-0.2, 0) is 13.1 Å². The van der Waals surface area contributed by atoms with Crippen molar-refractivity contribution in [2.75, 3.05) is 0 Å². The van der Waals surface area contributed by atoms with E-state index in [2.05, 4.69) is 11.0 Å². The quantitative estimate of drug-likeness (QED) is 0.675. The summed E-state index contributed by atoms with van der Waals surface area (Å²) in [7, 11) is 0. The van der Waals surface area contributed by atoms with Gasteiger partial charge in [-0.2, -0.15) is 0 Å². The molecule has 1 aliphatic rings. The van der Waals surface area contributed by atoms with Gasteiger partial charge < -0.3 is 9.15 Å². The Morgan fingerprint density at radius 2 is 1.83 bits per heavy atom. The lowest BCUT2D eigenvalue weighted by molar-refractivity contribution is -0.0128. The average Bonchev–Trinajstić information content (AvgIpc) is 3.08. The molecule has 0 N–H and O–H groups in total. The van der Waals surface area contributed by atoms with Crippen LogP contribution in [0.2, 0.25) is 5.02 Å². The molecule has 1 aromatic heterocycles. The summed E-state index contributed by atoms with van der Waals surface area (Å²) in [6, 6.07) is 19.9. The fourth-order valence-electron chi connectivity index (χ4n) is 2.89. The second-order valence-corrected chi connectivity index (χ2v) is 6.05. The van der Waals surface area contributed by atoms with Gasteiger partial charge in [0.15, 0.2) is 6.23 Å². The molecule has 0 saturated carbocycles. The van der Waals surface area contributed by atoms with Crippen molar-refractivity contribution in [2.24, 2.45) is 0 Å². The summed E-state index contributed by atoms with van der Waals surface area (Å²) in [5, 5.41) is 0.725. The molecule has 1 atom stereocenters. The first-order valence-corrected chi connectivity index (χ1v) is 7.94. The van der Waals surface area contributed by atoms with Gasteiger partial charge in [0.05, 0.1) is 12.8 Å². The normalized spacial score (nSPS) is 17.5. The Morgan fingerprint density at radius 3 is 2.61 bits per heavy atom. The first-order valence-electron chi connectivity index (χ1n) is 7.56. The third-order valence-electron chi connectivity index (χ3n) is 4.01. The number of hydrogen-bond donors (Lipinski definition) is 0. The van der Waals surface area contributed by atoms with Crippen LogP contribution in [0.15, 0.2) is 71.3 Å². The highest BCUT2D eigenvalue weighted by Crippen LogP contribution is 2.36. The first-order chi connectivity index (χ1) is 11.3. The van der Waals surface area contributed by atoms with E-state index < -0.39 is 0 Å². The number of para-hydroxylation sites is 1. The molecule has 2 aromatic carbocycles. The van der Waals surface area contributed by atoms with Gasteiger partial charge in [-0.15, -0.1) is 0 Å². The van der Waals surface area contributed by atoms with Gasteiger partial charge in [0, 0.05) is 22.7 Å². The van der Waals surface area contributed by atoms with E-state index in [0.717, 1.165) is 28.6 Å². The van der Waals surface area contributed by atoms with Gasteiger partial charge in [-0.3, -0.25) is 4.90 Å². The molecule has 0 amide bonds. The van der Waals surface area contributed by atoms with Gasteiger partial charge >= 0.3 is 0 Å². The lowest BCUT2D eigenvalue weighted by Gasteiger charge is -2.36. The number of nitrogens with zero attached hydrogens (tertiary/aromatic N) is 1. The molecule has 0 bridgehead atoms. The van der Waals surface area contributed by atoms with Gasteiger partial charge in [0.1, 0.15) is 11.5 Å². The van der Waals surface area contributed by atoms with Gasteiger partial charge in [0.25, 0.3) is 0 Å². The van der Waals surface area contributed by atoms with E-state index in [4.69, 9.17) is 20.8 Å². The predicted octanol–water partition coefficient (Wildman–Crippen LogP) is 5.03. The Hall–Kier alpha value is -2.23. The van der Waals surface area contributed by atoms with E-state index in [1.807, 2.05) is 54.6 Å². The molecule has 4 rings (SSSR count). The maximum absolute atomic E-state index is 6.26. The summed E-state index contributed by atoms with van der Waals surface area (Å²) in [6.07, 6.45) is 1.54. The zero-order valence-corrected chi connectivity index (χ0v) is 13.2. The molecular weight excluding hydrogens is 310 g/mol. The second kappa shape index (κ2) is 6.11. The molecule has 23 heavy (non-hydrogen) atoms. The molecule has 0 saturated heterocycles. The Balaban J connectivity index is 1.69. The summed E-state index contributed by atoms with van der Waals surface area (Å²) in [5.74, 6) is 1.86. The van der Waals surface area contributed by atoms with Crippen LogP contribution in [0, 0.1) is 0 Å². The summed E-state index contributed by atoms with van der Waals surface area (Å²) in [6.45, 7) is 1.50. The van der Waals surface area contributed by atoms with Crippen molar-refractivity contribution in [2.45, 2.75) is 19.3 Å². The molecule has 0 spiro atoms. The largest absolute Gasteiger partial charge is 0.471 e. The monoisotopic (exact) mass is 325 g/mol. The molecule has 3 nitrogen and oxygen atoms in total. The van der Waals surface area contributed by atoms with E-state index in [1.165, 1.54) is 5.56 Å². The molecule has 116 valence electrons. The second-order valence-electron chi connectivity index (χ2n) is 5.61. The highest BCUT2D eigenvalue weighted by Gasteiger charge is 2.29. The summed E-state index contributed by atoms with van der Waals surface area (Å²) in [5.41, 5.74) is 2.26. The molecule has 0 radical (unpaired) electrons. The van der Waals surface area contributed by atoms with E-state index in [1.54, 1.807) is 6.26 Å².